The minimum Gasteiger partial charge on any atom is -0.293 e. The summed E-state index contributed by atoms with van der Waals surface area (Å²) in [4.78, 5) is 15.1. The quantitative estimate of drug-likeness (QED) is 0.697. The highest BCUT2D eigenvalue weighted by atomic mass is 16.1. The Morgan fingerprint density at radius 2 is 1.76 bits per heavy atom. The lowest BCUT2D eigenvalue weighted by atomic mass is 9.97. The molecular weight excluding hydrogens is 258 g/mol. The highest BCUT2D eigenvalue weighted by Gasteiger charge is 2.30. The van der Waals surface area contributed by atoms with Gasteiger partial charge >= 0.3 is 0 Å². The molecule has 1 fully saturated rings. The standard InChI is InChI=1S/C19H29NO/c1-13(2)8-9-20(17-6-7-17)12-19(21)18-11-15(4)14(3)10-16(18)5/h10-11,13,17H,6-9,12H2,1-5H3. The van der Waals surface area contributed by atoms with Crippen LogP contribution in [0.3, 0.4) is 0 Å². The van der Waals surface area contributed by atoms with Gasteiger partial charge in [-0.05, 0) is 75.3 Å². The molecule has 0 heterocycles. The van der Waals surface area contributed by atoms with E-state index in [0.29, 0.717) is 18.5 Å². The van der Waals surface area contributed by atoms with Gasteiger partial charge in [0, 0.05) is 11.6 Å². The van der Waals surface area contributed by atoms with Gasteiger partial charge in [-0.2, -0.15) is 0 Å². The van der Waals surface area contributed by atoms with Crippen LogP contribution in [0.5, 0.6) is 0 Å². The molecule has 0 spiro atoms. The van der Waals surface area contributed by atoms with Gasteiger partial charge in [-0.15, -0.1) is 0 Å². The minimum atomic E-state index is 0.284. The number of nitrogens with zero attached hydrogens (tertiary/aromatic N) is 1. The van der Waals surface area contributed by atoms with Crippen LogP contribution in [0.4, 0.5) is 0 Å². The first-order valence-electron chi connectivity index (χ1n) is 8.23. The molecule has 1 saturated carbocycles. The van der Waals surface area contributed by atoms with Gasteiger partial charge in [0.1, 0.15) is 0 Å². The molecule has 2 nitrogen and oxygen atoms in total. The number of hydrogen-bond donors (Lipinski definition) is 0. The van der Waals surface area contributed by atoms with E-state index in [1.165, 1.54) is 30.4 Å². The van der Waals surface area contributed by atoms with Gasteiger partial charge in [0.15, 0.2) is 5.78 Å². The first-order valence-corrected chi connectivity index (χ1v) is 8.23. The second-order valence-corrected chi connectivity index (χ2v) is 7.06. The van der Waals surface area contributed by atoms with Crippen molar-refractivity contribution in [3.8, 4) is 0 Å². The molecule has 1 aromatic carbocycles. The van der Waals surface area contributed by atoms with E-state index in [2.05, 4.69) is 51.7 Å². The predicted octanol–water partition coefficient (Wildman–Crippen LogP) is 4.31. The summed E-state index contributed by atoms with van der Waals surface area (Å²) in [6, 6.07) is 4.86. The van der Waals surface area contributed by atoms with Gasteiger partial charge in [0.2, 0.25) is 0 Å². The van der Waals surface area contributed by atoms with E-state index in [4.69, 9.17) is 0 Å². The number of carbonyl (C=O) groups is 1. The number of rotatable bonds is 7. The lowest BCUT2D eigenvalue weighted by Crippen LogP contribution is -2.33. The van der Waals surface area contributed by atoms with E-state index in [1.807, 2.05) is 0 Å². The Kier molecular flexibility index (Phi) is 5.21. The molecule has 0 amide bonds. The third-order valence-electron chi connectivity index (χ3n) is 4.54. The Labute approximate surface area is 129 Å². The van der Waals surface area contributed by atoms with Crippen LogP contribution in [0, 0.1) is 26.7 Å². The molecule has 21 heavy (non-hydrogen) atoms. The predicted molar refractivity (Wildman–Crippen MR) is 89.0 cm³/mol. The lowest BCUT2D eigenvalue weighted by Gasteiger charge is -2.22. The van der Waals surface area contributed by atoms with Crippen LogP contribution in [-0.4, -0.2) is 29.8 Å². The molecular formula is C19H29NO. The van der Waals surface area contributed by atoms with Crippen LogP contribution in [0.15, 0.2) is 12.1 Å². The summed E-state index contributed by atoms with van der Waals surface area (Å²) < 4.78 is 0. The van der Waals surface area contributed by atoms with Crippen molar-refractivity contribution in [1.82, 2.24) is 4.90 Å². The smallest absolute Gasteiger partial charge is 0.177 e. The topological polar surface area (TPSA) is 20.3 Å². The van der Waals surface area contributed by atoms with Crippen molar-refractivity contribution in [2.75, 3.05) is 13.1 Å². The fourth-order valence-electron chi connectivity index (χ4n) is 2.78. The van der Waals surface area contributed by atoms with Crippen LogP contribution in [-0.2, 0) is 0 Å². The van der Waals surface area contributed by atoms with Crippen molar-refractivity contribution in [1.29, 1.82) is 0 Å². The molecule has 0 atom stereocenters. The van der Waals surface area contributed by atoms with Crippen LogP contribution in [0.25, 0.3) is 0 Å². The van der Waals surface area contributed by atoms with Crippen LogP contribution in [0.1, 0.15) is 60.2 Å². The lowest BCUT2D eigenvalue weighted by molar-refractivity contribution is 0.0920. The summed E-state index contributed by atoms with van der Waals surface area (Å²) in [7, 11) is 0. The van der Waals surface area contributed by atoms with E-state index in [9.17, 15) is 4.79 Å². The van der Waals surface area contributed by atoms with Crippen molar-refractivity contribution in [3.63, 3.8) is 0 Å². The van der Waals surface area contributed by atoms with Gasteiger partial charge in [-0.1, -0.05) is 19.9 Å². The molecule has 0 N–H and O–H groups in total. The highest BCUT2D eigenvalue weighted by Crippen LogP contribution is 2.28. The van der Waals surface area contributed by atoms with Gasteiger partial charge in [-0.25, -0.2) is 0 Å². The summed E-state index contributed by atoms with van der Waals surface area (Å²) in [5.74, 6) is 0.982. The molecule has 1 aliphatic carbocycles. The van der Waals surface area contributed by atoms with E-state index in [1.54, 1.807) is 0 Å². The van der Waals surface area contributed by atoms with Gasteiger partial charge in [-0.3, -0.25) is 9.69 Å². The zero-order chi connectivity index (χ0) is 15.6. The molecule has 0 aromatic heterocycles. The first-order chi connectivity index (χ1) is 9.88. The maximum Gasteiger partial charge on any atom is 0.177 e. The Balaban J connectivity index is 2.06. The Morgan fingerprint density at radius 1 is 1.14 bits per heavy atom. The number of Topliss-reactive ketones (excluding diaryl/α,β-unsaturated/α-hetero) is 1. The second kappa shape index (κ2) is 6.74. The molecule has 0 aliphatic heterocycles. The van der Waals surface area contributed by atoms with E-state index < -0.39 is 0 Å². The highest BCUT2D eigenvalue weighted by molar-refractivity contribution is 5.99. The van der Waals surface area contributed by atoms with Gasteiger partial charge in [0.05, 0.1) is 6.54 Å². The molecule has 1 aliphatic rings. The van der Waals surface area contributed by atoms with Crippen molar-refractivity contribution < 1.29 is 4.79 Å². The Bertz CT molecular complexity index is 515. The number of ketones is 1. The van der Waals surface area contributed by atoms with E-state index in [-0.39, 0.29) is 5.78 Å². The summed E-state index contributed by atoms with van der Waals surface area (Å²) in [6.07, 6.45) is 3.70. The summed E-state index contributed by atoms with van der Waals surface area (Å²) in [5, 5.41) is 0. The second-order valence-electron chi connectivity index (χ2n) is 7.06. The van der Waals surface area contributed by atoms with Crippen molar-refractivity contribution in [3.05, 3.63) is 34.4 Å². The fraction of sp³-hybridized carbons (Fsp3) is 0.632. The van der Waals surface area contributed by atoms with Crippen molar-refractivity contribution in [2.24, 2.45) is 5.92 Å². The number of carbonyl (C=O) groups excluding carboxylic acids is 1. The molecule has 0 saturated heterocycles. The molecule has 2 heteroatoms. The van der Waals surface area contributed by atoms with Crippen molar-refractivity contribution in [2.45, 2.75) is 59.9 Å². The van der Waals surface area contributed by atoms with Gasteiger partial charge < -0.3 is 0 Å². The van der Waals surface area contributed by atoms with Crippen molar-refractivity contribution >= 4 is 5.78 Å². The van der Waals surface area contributed by atoms with Crippen LogP contribution in [0.2, 0.25) is 0 Å². The van der Waals surface area contributed by atoms with Crippen LogP contribution < -0.4 is 0 Å². The largest absolute Gasteiger partial charge is 0.293 e. The number of hydrogen-bond acceptors (Lipinski definition) is 2. The third-order valence-corrected chi connectivity index (χ3v) is 4.54. The summed E-state index contributed by atoms with van der Waals surface area (Å²) in [6.45, 7) is 12.4. The monoisotopic (exact) mass is 287 g/mol. The zero-order valence-corrected chi connectivity index (χ0v) is 14.2. The van der Waals surface area contributed by atoms with E-state index in [0.717, 1.165) is 17.7 Å². The number of benzene rings is 1. The summed E-state index contributed by atoms with van der Waals surface area (Å²) in [5.41, 5.74) is 4.50. The average molecular weight is 287 g/mol. The average Bonchev–Trinajstić information content (AvgIpc) is 3.22. The maximum atomic E-state index is 12.7. The molecule has 0 bridgehead atoms. The normalized spacial score (nSPS) is 15.0. The van der Waals surface area contributed by atoms with Gasteiger partial charge in [0.25, 0.3) is 0 Å². The molecule has 0 unspecified atom stereocenters. The molecule has 0 radical (unpaired) electrons. The minimum absolute atomic E-state index is 0.284. The van der Waals surface area contributed by atoms with E-state index >= 15 is 0 Å². The summed E-state index contributed by atoms with van der Waals surface area (Å²) >= 11 is 0. The number of aryl methyl sites for hydroxylation is 3. The van der Waals surface area contributed by atoms with Crippen LogP contribution >= 0.6 is 0 Å². The SMILES string of the molecule is Cc1cc(C)c(C(=O)CN(CCC(C)C)C2CC2)cc1C. The molecule has 1 aromatic rings. The Morgan fingerprint density at radius 3 is 2.33 bits per heavy atom. The third kappa shape index (κ3) is 4.41. The zero-order valence-electron chi connectivity index (χ0n) is 14.2. The molecule has 2 rings (SSSR count). The maximum absolute atomic E-state index is 12.7. The Hall–Kier alpha value is -1.15. The molecule has 116 valence electrons. The fourth-order valence-corrected chi connectivity index (χ4v) is 2.78. The first kappa shape index (κ1) is 16.2.